The summed E-state index contributed by atoms with van der Waals surface area (Å²) in [6.45, 7) is 3.21. The highest BCUT2D eigenvalue weighted by molar-refractivity contribution is 5.58. The molecule has 0 unspecified atom stereocenters. The number of hydrogen-bond donors (Lipinski definition) is 3. The van der Waals surface area contributed by atoms with Crippen LogP contribution in [0.15, 0.2) is 0 Å². The molecule has 1 aromatic rings. The van der Waals surface area contributed by atoms with Crippen molar-refractivity contribution in [3.63, 3.8) is 0 Å². The molecule has 0 amide bonds. The van der Waals surface area contributed by atoms with Crippen LogP contribution in [0.3, 0.4) is 0 Å². The first-order valence-corrected chi connectivity index (χ1v) is 5.46. The Balaban J connectivity index is 2.33. The molecular weight excluding hydrogens is 247 g/mol. The van der Waals surface area contributed by atoms with E-state index in [1.54, 1.807) is 13.8 Å². The standard InChI is InChI=1S/C10H14F3N5/c1-5-7(15-6(2)16-8(5)18-14)17-9(3-4-9)10(11,12)13/h3-4,14H2,1-2H3,(H2,15,16,17,18). The van der Waals surface area contributed by atoms with Gasteiger partial charge >= 0.3 is 6.18 Å². The van der Waals surface area contributed by atoms with Gasteiger partial charge in [-0.3, -0.25) is 0 Å². The summed E-state index contributed by atoms with van der Waals surface area (Å²) >= 11 is 0. The van der Waals surface area contributed by atoms with Gasteiger partial charge in [-0.2, -0.15) is 13.2 Å². The summed E-state index contributed by atoms with van der Waals surface area (Å²) in [4.78, 5) is 8.00. The minimum atomic E-state index is -4.28. The van der Waals surface area contributed by atoms with Crippen LogP contribution in [0.4, 0.5) is 24.8 Å². The maximum atomic E-state index is 12.9. The molecule has 0 spiro atoms. The lowest BCUT2D eigenvalue weighted by molar-refractivity contribution is -0.151. The SMILES string of the molecule is Cc1nc(NN)c(C)c(NC2(C(F)(F)F)CC2)n1. The fourth-order valence-corrected chi connectivity index (χ4v) is 1.72. The number of nitrogens with one attached hydrogen (secondary N) is 2. The van der Waals surface area contributed by atoms with Gasteiger partial charge in [0.15, 0.2) is 0 Å². The zero-order chi connectivity index (χ0) is 13.6. The van der Waals surface area contributed by atoms with Crippen molar-refractivity contribution in [3.05, 3.63) is 11.4 Å². The monoisotopic (exact) mass is 261 g/mol. The lowest BCUT2D eigenvalue weighted by atomic mass is 10.2. The van der Waals surface area contributed by atoms with E-state index in [9.17, 15) is 13.2 Å². The quantitative estimate of drug-likeness (QED) is 0.572. The van der Waals surface area contributed by atoms with Crippen molar-refractivity contribution in [2.45, 2.75) is 38.4 Å². The molecule has 1 heterocycles. The number of anilines is 2. The lowest BCUT2D eigenvalue weighted by Crippen LogP contribution is -2.39. The van der Waals surface area contributed by atoms with Gasteiger partial charge in [0, 0.05) is 5.56 Å². The van der Waals surface area contributed by atoms with Crippen molar-refractivity contribution in [1.82, 2.24) is 9.97 Å². The molecule has 0 radical (unpaired) electrons. The molecule has 0 saturated heterocycles. The number of hydrogen-bond acceptors (Lipinski definition) is 5. The Morgan fingerprint density at radius 3 is 2.17 bits per heavy atom. The van der Waals surface area contributed by atoms with Crippen LogP contribution in [0.1, 0.15) is 24.2 Å². The average Bonchev–Trinajstić information content (AvgIpc) is 3.03. The highest BCUT2D eigenvalue weighted by Gasteiger charge is 2.63. The van der Waals surface area contributed by atoms with E-state index in [1.807, 2.05) is 0 Å². The van der Waals surface area contributed by atoms with Crippen molar-refractivity contribution in [1.29, 1.82) is 0 Å². The number of nitrogen functional groups attached to an aromatic ring is 1. The van der Waals surface area contributed by atoms with Crippen LogP contribution in [-0.2, 0) is 0 Å². The summed E-state index contributed by atoms with van der Waals surface area (Å²) in [5, 5.41) is 2.48. The average molecular weight is 261 g/mol. The number of aryl methyl sites for hydroxylation is 1. The molecule has 0 aliphatic heterocycles. The minimum Gasteiger partial charge on any atom is -0.356 e. The van der Waals surface area contributed by atoms with Crippen molar-refractivity contribution < 1.29 is 13.2 Å². The summed E-state index contributed by atoms with van der Waals surface area (Å²) in [6, 6.07) is 0. The maximum Gasteiger partial charge on any atom is 0.411 e. The molecule has 0 bridgehead atoms. The first-order valence-electron chi connectivity index (χ1n) is 5.46. The van der Waals surface area contributed by atoms with Crippen LogP contribution < -0.4 is 16.6 Å². The van der Waals surface area contributed by atoms with E-state index in [-0.39, 0.29) is 18.7 Å². The van der Waals surface area contributed by atoms with E-state index in [4.69, 9.17) is 5.84 Å². The summed E-state index contributed by atoms with van der Waals surface area (Å²) in [7, 11) is 0. The fourth-order valence-electron chi connectivity index (χ4n) is 1.72. The van der Waals surface area contributed by atoms with Crippen LogP contribution in [0.2, 0.25) is 0 Å². The number of hydrazine groups is 1. The van der Waals surface area contributed by atoms with E-state index >= 15 is 0 Å². The van der Waals surface area contributed by atoms with Gasteiger partial charge in [-0.25, -0.2) is 15.8 Å². The molecule has 1 aliphatic rings. The molecule has 0 aromatic carbocycles. The number of rotatable bonds is 3. The smallest absolute Gasteiger partial charge is 0.356 e. The van der Waals surface area contributed by atoms with E-state index in [0.29, 0.717) is 17.2 Å². The molecule has 0 atom stereocenters. The Bertz CT molecular complexity index is 467. The number of nitrogens with two attached hydrogens (primary N) is 1. The Morgan fingerprint density at radius 2 is 1.72 bits per heavy atom. The van der Waals surface area contributed by atoms with E-state index in [1.165, 1.54) is 0 Å². The van der Waals surface area contributed by atoms with Crippen LogP contribution >= 0.6 is 0 Å². The molecule has 1 saturated carbocycles. The van der Waals surface area contributed by atoms with Crippen LogP contribution in [0.5, 0.6) is 0 Å². The molecule has 8 heteroatoms. The normalized spacial score (nSPS) is 17.4. The predicted octanol–water partition coefficient (Wildman–Crippen LogP) is 1.89. The number of alkyl halides is 3. The van der Waals surface area contributed by atoms with Gasteiger partial charge < -0.3 is 10.7 Å². The highest BCUT2D eigenvalue weighted by atomic mass is 19.4. The first-order chi connectivity index (χ1) is 8.29. The van der Waals surface area contributed by atoms with Crippen molar-refractivity contribution >= 4 is 11.6 Å². The third-order valence-electron chi connectivity index (χ3n) is 3.04. The van der Waals surface area contributed by atoms with E-state index < -0.39 is 11.7 Å². The molecule has 100 valence electrons. The Hall–Kier alpha value is -1.57. The van der Waals surface area contributed by atoms with Crippen LogP contribution in [-0.4, -0.2) is 21.7 Å². The summed E-state index contributed by atoms with van der Waals surface area (Å²) in [5.74, 6) is 6.11. The summed E-state index contributed by atoms with van der Waals surface area (Å²) < 4.78 is 38.6. The number of nitrogens with zero attached hydrogens (tertiary/aromatic N) is 2. The molecule has 1 fully saturated rings. The lowest BCUT2D eigenvalue weighted by Gasteiger charge is -2.23. The van der Waals surface area contributed by atoms with Gasteiger partial charge in [-0.1, -0.05) is 0 Å². The van der Waals surface area contributed by atoms with Gasteiger partial charge in [-0.15, -0.1) is 0 Å². The zero-order valence-electron chi connectivity index (χ0n) is 10.0. The predicted molar refractivity (Wildman–Crippen MR) is 61.0 cm³/mol. The van der Waals surface area contributed by atoms with Gasteiger partial charge in [0.25, 0.3) is 0 Å². The second kappa shape index (κ2) is 3.98. The Morgan fingerprint density at radius 1 is 1.17 bits per heavy atom. The third kappa shape index (κ3) is 2.07. The Labute approximate surface area is 102 Å². The molecule has 5 nitrogen and oxygen atoms in total. The topological polar surface area (TPSA) is 75.9 Å². The molecular formula is C10H14F3N5. The van der Waals surface area contributed by atoms with Crippen molar-refractivity contribution in [3.8, 4) is 0 Å². The largest absolute Gasteiger partial charge is 0.411 e. The van der Waals surface area contributed by atoms with Crippen molar-refractivity contribution in [2.24, 2.45) is 5.84 Å². The number of aromatic nitrogens is 2. The fraction of sp³-hybridized carbons (Fsp3) is 0.600. The Kier molecular flexibility index (Phi) is 2.84. The van der Waals surface area contributed by atoms with Crippen LogP contribution in [0.25, 0.3) is 0 Å². The summed E-state index contributed by atoms with van der Waals surface area (Å²) in [6.07, 6.45) is -4.16. The van der Waals surface area contributed by atoms with Gasteiger partial charge in [0.2, 0.25) is 0 Å². The third-order valence-corrected chi connectivity index (χ3v) is 3.04. The van der Waals surface area contributed by atoms with E-state index in [0.717, 1.165) is 0 Å². The van der Waals surface area contributed by atoms with Gasteiger partial charge in [0.1, 0.15) is 23.0 Å². The second-order valence-corrected chi connectivity index (χ2v) is 4.44. The molecule has 1 aromatic heterocycles. The van der Waals surface area contributed by atoms with Gasteiger partial charge in [-0.05, 0) is 26.7 Å². The zero-order valence-corrected chi connectivity index (χ0v) is 10.0. The van der Waals surface area contributed by atoms with Gasteiger partial charge in [0.05, 0.1) is 0 Å². The summed E-state index contributed by atoms with van der Waals surface area (Å²) in [5.41, 5.74) is 0.977. The molecule has 18 heavy (non-hydrogen) atoms. The molecule has 2 rings (SSSR count). The van der Waals surface area contributed by atoms with Crippen molar-refractivity contribution in [2.75, 3.05) is 10.7 Å². The maximum absolute atomic E-state index is 12.9. The highest BCUT2D eigenvalue weighted by Crippen LogP contribution is 2.51. The second-order valence-electron chi connectivity index (χ2n) is 4.44. The minimum absolute atomic E-state index is 0.0599. The van der Waals surface area contributed by atoms with Crippen LogP contribution in [0, 0.1) is 13.8 Å². The van der Waals surface area contributed by atoms with E-state index in [2.05, 4.69) is 20.7 Å². The molecule has 1 aliphatic carbocycles. The number of halogens is 3. The first kappa shape index (κ1) is 12.9. The molecule has 4 N–H and O–H groups in total.